The molecule has 15 heavy (non-hydrogen) atoms. The molecule has 0 bridgehead atoms. The molecule has 0 aromatic rings. The monoisotopic (exact) mass is 215 g/mol. The van der Waals surface area contributed by atoms with Crippen molar-refractivity contribution in [2.45, 2.75) is 45.3 Å². The second-order valence-corrected chi connectivity index (χ2v) is 4.98. The van der Waals surface area contributed by atoms with Crippen molar-refractivity contribution in [1.82, 2.24) is 5.32 Å². The third-order valence-electron chi connectivity index (χ3n) is 2.23. The van der Waals surface area contributed by atoms with Crippen LogP contribution in [-0.4, -0.2) is 36.9 Å². The quantitative estimate of drug-likeness (QED) is 0.713. The summed E-state index contributed by atoms with van der Waals surface area (Å²) in [6.45, 7) is 9.66. The standard InChI is InChI=1S/C11H21NO3/c1-5-14-11(7-12-8-11)6-9(13)15-10(2,3)4/h12H,5-8H2,1-4H3. The summed E-state index contributed by atoms with van der Waals surface area (Å²) in [6.07, 6.45) is 0.338. The van der Waals surface area contributed by atoms with Gasteiger partial charge in [-0.05, 0) is 27.7 Å². The number of ether oxygens (including phenoxy) is 2. The maximum Gasteiger partial charge on any atom is 0.309 e. The molecule has 1 rings (SSSR count). The van der Waals surface area contributed by atoms with Crippen LogP contribution in [0.4, 0.5) is 0 Å². The van der Waals surface area contributed by atoms with Gasteiger partial charge in [0, 0.05) is 19.7 Å². The molecule has 1 N–H and O–H groups in total. The number of nitrogens with one attached hydrogen (secondary N) is 1. The first-order chi connectivity index (χ1) is 6.87. The van der Waals surface area contributed by atoms with Crippen molar-refractivity contribution in [3.63, 3.8) is 0 Å². The van der Waals surface area contributed by atoms with Gasteiger partial charge in [0.2, 0.25) is 0 Å². The van der Waals surface area contributed by atoms with E-state index in [0.717, 1.165) is 13.1 Å². The molecule has 0 unspecified atom stereocenters. The van der Waals surface area contributed by atoms with Crippen LogP contribution in [0.1, 0.15) is 34.1 Å². The lowest BCUT2D eigenvalue weighted by Gasteiger charge is -2.41. The number of hydrogen-bond acceptors (Lipinski definition) is 4. The van der Waals surface area contributed by atoms with Crippen molar-refractivity contribution < 1.29 is 14.3 Å². The van der Waals surface area contributed by atoms with Gasteiger partial charge in [0.15, 0.2) is 0 Å². The first-order valence-electron chi connectivity index (χ1n) is 5.43. The molecule has 0 aromatic carbocycles. The highest BCUT2D eigenvalue weighted by molar-refractivity contribution is 5.71. The molecule has 4 nitrogen and oxygen atoms in total. The number of esters is 1. The summed E-state index contributed by atoms with van der Waals surface area (Å²) in [4.78, 5) is 11.6. The number of hydrogen-bond donors (Lipinski definition) is 1. The minimum absolute atomic E-state index is 0.183. The zero-order valence-corrected chi connectivity index (χ0v) is 10.1. The van der Waals surface area contributed by atoms with Crippen LogP contribution in [0.15, 0.2) is 0 Å². The van der Waals surface area contributed by atoms with Crippen molar-refractivity contribution in [1.29, 1.82) is 0 Å². The lowest BCUT2D eigenvalue weighted by atomic mass is 9.92. The number of carbonyl (C=O) groups excluding carboxylic acids is 1. The Morgan fingerprint density at radius 3 is 2.33 bits per heavy atom. The normalized spacial score (nSPS) is 19.5. The predicted molar refractivity (Wildman–Crippen MR) is 57.7 cm³/mol. The largest absolute Gasteiger partial charge is 0.460 e. The maximum atomic E-state index is 11.6. The van der Waals surface area contributed by atoms with Gasteiger partial charge in [0.25, 0.3) is 0 Å². The van der Waals surface area contributed by atoms with Crippen LogP contribution in [0.3, 0.4) is 0 Å². The van der Waals surface area contributed by atoms with Crippen LogP contribution in [0, 0.1) is 0 Å². The van der Waals surface area contributed by atoms with Crippen LogP contribution in [0.25, 0.3) is 0 Å². The summed E-state index contributed by atoms with van der Waals surface area (Å²) < 4.78 is 10.9. The number of rotatable bonds is 4. The maximum absolute atomic E-state index is 11.6. The summed E-state index contributed by atoms with van der Waals surface area (Å²) in [5, 5.41) is 3.12. The van der Waals surface area contributed by atoms with Gasteiger partial charge in [-0.15, -0.1) is 0 Å². The van der Waals surface area contributed by atoms with E-state index in [1.165, 1.54) is 0 Å². The lowest BCUT2D eigenvalue weighted by Crippen LogP contribution is -2.62. The fourth-order valence-electron chi connectivity index (χ4n) is 1.63. The summed E-state index contributed by atoms with van der Waals surface area (Å²) in [6, 6.07) is 0. The van der Waals surface area contributed by atoms with E-state index in [4.69, 9.17) is 9.47 Å². The van der Waals surface area contributed by atoms with Gasteiger partial charge in [-0.1, -0.05) is 0 Å². The molecule has 0 aliphatic carbocycles. The zero-order chi connectivity index (χ0) is 11.5. The van der Waals surface area contributed by atoms with Crippen molar-refractivity contribution in [2.75, 3.05) is 19.7 Å². The Morgan fingerprint density at radius 2 is 2.00 bits per heavy atom. The SMILES string of the molecule is CCOC1(CC(=O)OC(C)(C)C)CNC1. The van der Waals surface area contributed by atoms with Gasteiger partial charge in [-0.25, -0.2) is 0 Å². The van der Waals surface area contributed by atoms with Crippen LogP contribution in [0.5, 0.6) is 0 Å². The van der Waals surface area contributed by atoms with E-state index in [9.17, 15) is 4.79 Å². The van der Waals surface area contributed by atoms with Crippen LogP contribution < -0.4 is 5.32 Å². The highest BCUT2D eigenvalue weighted by atomic mass is 16.6. The highest BCUT2D eigenvalue weighted by Gasteiger charge is 2.40. The second kappa shape index (κ2) is 4.49. The van der Waals surface area contributed by atoms with E-state index in [0.29, 0.717) is 13.0 Å². The van der Waals surface area contributed by atoms with E-state index >= 15 is 0 Å². The van der Waals surface area contributed by atoms with Crippen molar-refractivity contribution in [2.24, 2.45) is 0 Å². The molecule has 0 amide bonds. The highest BCUT2D eigenvalue weighted by Crippen LogP contribution is 2.23. The smallest absolute Gasteiger partial charge is 0.309 e. The van der Waals surface area contributed by atoms with Crippen molar-refractivity contribution in [3.05, 3.63) is 0 Å². The van der Waals surface area contributed by atoms with Crippen LogP contribution in [0.2, 0.25) is 0 Å². The molecule has 88 valence electrons. The average molecular weight is 215 g/mol. The van der Waals surface area contributed by atoms with Gasteiger partial charge in [0.1, 0.15) is 11.2 Å². The molecule has 0 atom stereocenters. The summed E-state index contributed by atoms with van der Waals surface area (Å²) in [5.41, 5.74) is -0.737. The van der Waals surface area contributed by atoms with Gasteiger partial charge in [-0.3, -0.25) is 4.79 Å². The minimum Gasteiger partial charge on any atom is -0.460 e. The molecular weight excluding hydrogens is 194 g/mol. The third kappa shape index (κ3) is 3.80. The molecule has 1 fully saturated rings. The summed E-state index contributed by atoms with van der Waals surface area (Å²) in [5.74, 6) is -0.183. The van der Waals surface area contributed by atoms with E-state index in [1.807, 2.05) is 27.7 Å². The van der Waals surface area contributed by atoms with Crippen LogP contribution >= 0.6 is 0 Å². The Hall–Kier alpha value is -0.610. The first-order valence-corrected chi connectivity index (χ1v) is 5.43. The summed E-state index contributed by atoms with van der Waals surface area (Å²) in [7, 11) is 0. The molecule has 0 aromatic heterocycles. The lowest BCUT2D eigenvalue weighted by molar-refractivity contribution is -0.166. The van der Waals surface area contributed by atoms with Gasteiger partial charge < -0.3 is 14.8 Å². The molecule has 0 radical (unpaired) electrons. The molecule has 4 heteroatoms. The molecule has 1 aliphatic heterocycles. The molecule has 1 heterocycles. The fraction of sp³-hybridized carbons (Fsp3) is 0.909. The van der Waals surface area contributed by atoms with E-state index in [-0.39, 0.29) is 11.6 Å². The van der Waals surface area contributed by atoms with Gasteiger partial charge in [-0.2, -0.15) is 0 Å². The predicted octanol–water partition coefficient (Wildman–Crippen LogP) is 1.10. The Bertz CT molecular complexity index is 228. The molecule has 0 spiro atoms. The van der Waals surface area contributed by atoms with E-state index in [2.05, 4.69) is 5.32 Å². The Labute approximate surface area is 91.3 Å². The third-order valence-corrected chi connectivity index (χ3v) is 2.23. The average Bonchev–Trinajstić information content (AvgIpc) is 1.96. The van der Waals surface area contributed by atoms with Crippen molar-refractivity contribution in [3.8, 4) is 0 Å². The Morgan fingerprint density at radius 1 is 1.40 bits per heavy atom. The van der Waals surface area contributed by atoms with Gasteiger partial charge >= 0.3 is 5.97 Å². The fourth-order valence-corrected chi connectivity index (χ4v) is 1.63. The van der Waals surface area contributed by atoms with Gasteiger partial charge in [0.05, 0.1) is 6.42 Å². The Balaban J connectivity index is 2.42. The zero-order valence-electron chi connectivity index (χ0n) is 10.1. The second-order valence-electron chi connectivity index (χ2n) is 4.98. The molecule has 0 saturated carbocycles. The summed E-state index contributed by atoms with van der Waals surface area (Å²) >= 11 is 0. The topological polar surface area (TPSA) is 47.6 Å². The number of carbonyl (C=O) groups is 1. The van der Waals surface area contributed by atoms with E-state index in [1.54, 1.807) is 0 Å². The van der Waals surface area contributed by atoms with Crippen molar-refractivity contribution >= 4 is 5.97 Å². The molecule has 1 aliphatic rings. The van der Waals surface area contributed by atoms with E-state index < -0.39 is 5.60 Å². The molecule has 1 saturated heterocycles. The molecular formula is C11H21NO3. The Kier molecular flexibility index (Phi) is 3.73. The van der Waals surface area contributed by atoms with Crippen LogP contribution in [-0.2, 0) is 14.3 Å². The minimum atomic E-state index is -0.415. The first kappa shape index (κ1) is 12.5.